The normalized spacial score (nSPS) is 10.5. The summed E-state index contributed by atoms with van der Waals surface area (Å²) in [4.78, 5) is 15.7. The van der Waals surface area contributed by atoms with Crippen LogP contribution in [0.5, 0.6) is 11.5 Å². The monoisotopic (exact) mass is 385 g/mol. The van der Waals surface area contributed by atoms with Crippen molar-refractivity contribution < 1.29 is 19.4 Å². The van der Waals surface area contributed by atoms with Crippen LogP contribution in [0.25, 0.3) is 10.6 Å². The van der Waals surface area contributed by atoms with Crippen LogP contribution < -0.4 is 9.47 Å². The van der Waals surface area contributed by atoms with E-state index in [1.807, 2.05) is 26.0 Å². The topological polar surface area (TPSA) is 68.7 Å². The average molecular weight is 386 g/mol. The van der Waals surface area contributed by atoms with Crippen LogP contribution in [-0.2, 0) is 0 Å². The number of carbonyl (C=O) groups is 1. The van der Waals surface area contributed by atoms with Crippen molar-refractivity contribution in [2.45, 2.75) is 20.8 Å². The average Bonchev–Trinajstić information content (AvgIpc) is 2.85. The first-order valence-electron chi connectivity index (χ1n) is 6.78. The maximum absolute atomic E-state index is 11.2. The van der Waals surface area contributed by atoms with Crippen molar-refractivity contribution in [2.75, 3.05) is 13.2 Å². The van der Waals surface area contributed by atoms with Gasteiger partial charge in [-0.2, -0.15) is 0 Å². The van der Waals surface area contributed by atoms with Gasteiger partial charge in [0, 0.05) is 5.56 Å². The molecule has 0 atom stereocenters. The lowest BCUT2D eigenvalue weighted by molar-refractivity contribution is 0.0701. The van der Waals surface area contributed by atoms with Crippen LogP contribution in [0.2, 0.25) is 0 Å². The smallest absolute Gasteiger partial charge is 0.347 e. The lowest BCUT2D eigenvalue weighted by Gasteiger charge is -2.13. The molecule has 1 aromatic carbocycles. The number of nitrogens with zero attached hydrogens (tertiary/aromatic N) is 1. The molecule has 0 aliphatic rings. The Morgan fingerprint density at radius 2 is 2.00 bits per heavy atom. The van der Waals surface area contributed by atoms with Gasteiger partial charge in [-0.05, 0) is 48.8 Å². The molecule has 0 bridgehead atoms. The Kier molecular flexibility index (Phi) is 5.42. The molecule has 0 amide bonds. The molecule has 0 aliphatic heterocycles. The Morgan fingerprint density at radius 1 is 1.32 bits per heavy atom. The summed E-state index contributed by atoms with van der Waals surface area (Å²) in [6, 6.07) is 3.68. The number of aromatic carboxylic acids is 1. The van der Waals surface area contributed by atoms with Crippen molar-refractivity contribution in [3.8, 4) is 22.1 Å². The van der Waals surface area contributed by atoms with Crippen LogP contribution in [-0.4, -0.2) is 29.3 Å². The number of carboxylic acids is 1. The lowest BCUT2D eigenvalue weighted by Crippen LogP contribution is -1.99. The highest BCUT2D eigenvalue weighted by Gasteiger charge is 2.18. The van der Waals surface area contributed by atoms with E-state index in [4.69, 9.17) is 14.6 Å². The van der Waals surface area contributed by atoms with Crippen molar-refractivity contribution in [1.82, 2.24) is 4.98 Å². The summed E-state index contributed by atoms with van der Waals surface area (Å²) in [5.74, 6) is 0.287. The van der Waals surface area contributed by atoms with Crippen molar-refractivity contribution in [3.63, 3.8) is 0 Å². The molecule has 2 rings (SSSR count). The molecule has 0 unspecified atom stereocenters. The number of benzene rings is 1. The SMILES string of the molecule is CCOc1cc(-c2nc(C)c(C(=O)O)s2)cc(Br)c1OCC. The number of halogens is 1. The molecule has 1 aromatic heterocycles. The summed E-state index contributed by atoms with van der Waals surface area (Å²) in [5, 5.41) is 9.79. The molecule has 118 valence electrons. The molecule has 0 fully saturated rings. The molecule has 0 spiro atoms. The third-order valence-corrected chi connectivity index (χ3v) is 4.62. The zero-order valence-corrected chi connectivity index (χ0v) is 14.9. The fraction of sp³-hybridized carbons (Fsp3) is 0.333. The van der Waals surface area contributed by atoms with Crippen LogP contribution >= 0.6 is 27.3 Å². The van der Waals surface area contributed by atoms with Gasteiger partial charge in [-0.25, -0.2) is 9.78 Å². The quantitative estimate of drug-likeness (QED) is 0.798. The van der Waals surface area contributed by atoms with Gasteiger partial charge in [0.1, 0.15) is 9.88 Å². The summed E-state index contributed by atoms with van der Waals surface area (Å²) < 4.78 is 12.0. The van der Waals surface area contributed by atoms with Gasteiger partial charge in [0.15, 0.2) is 11.5 Å². The van der Waals surface area contributed by atoms with E-state index >= 15 is 0 Å². The number of aryl methyl sites for hydroxylation is 1. The lowest BCUT2D eigenvalue weighted by atomic mass is 10.2. The second-order valence-electron chi connectivity index (χ2n) is 4.39. The molecule has 0 saturated carbocycles. The highest BCUT2D eigenvalue weighted by atomic mass is 79.9. The van der Waals surface area contributed by atoms with Gasteiger partial charge < -0.3 is 14.6 Å². The van der Waals surface area contributed by atoms with Crippen molar-refractivity contribution in [3.05, 3.63) is 27.2 Å². The van der Waals surface area contributed by atoms with Gasteiger partial charge in [0.25, 0.3) is 0 Å². The molecule has 22 heavy (non-hydrogen) atoms. The number of carboxylic acid groups (broad SMARTS) is 1. The van der Waals surface area contributed by atoms with Crippen LogP contribution in [0.4, 0.5) is 0 Å². The van der Waals surface area contributed by atoms with Gasteiger partial charge in [0.2, 0.25) is 0 Å². The summed E-state index contributed by atoms with van der Waals surface area (Å²) in [5.41, 5.74) is 1.30. The van der Waals surface area contributed by atoms with E-state index in [2.05, 4.69) is 20.9 Å². The van der Waals surface area contributed by atoms with E-state index in [0.717, 1.165) is 21.4 Å². The zero-order valence-electron chi connectivity index (χ0n) is 12.5. The van der Waals surface area contributed by atoms with Crippen molar-refractivity contribution in [1.29, 1.82) is 0 Å². The predicted octanol–water partition coefficient (Wildman–Crippen LogP) is 4.38. The molecule has 1 heterocycles. The third-order valence-electron chi connectivity index (χ3n) is 2.84. The number of ether oxygens (including phenoxy) is 2. The van der Waals surface area contributed by atoms with Crippen LogP contribution in [0.1, 0.15) is 29.2 Å². The molecule has 2 aromatic rings. The van der Waals surface area contributed by atoms with Crippen LogP contribution in [0, 0.1) is 6.92 Å². The van der Waals surface area contributed by atoms with E-state index in [0.29, 0.717) is 35.4 Å². The largest absolute Gasteiger partial charge is 0.490 e. The van der Waals surface area contributed by atoms with E-state index in [1.165, 1.54) is 0 Å². The molecule has 1 N–H and O–H groups in total. The third kappa shape index (κ3) is 3.41. The summed E-state index contributed by atoms with van der Waals surface area (Å²) in [6.45, 7) is 6.52. The standard InChI is InChI=1S/C15H16BrNO4S/c1-4-20-11-7-9(6-10(16)12(11)21-5-2)14-17-8(3)13(22-14)15(18)19/h6-7H,4-5H2,1-3H3,(H,18,19). The number of hydrogen-bond acceptors (Lipinski definition) is 5. The highest BCUT2D eigenvalue weighted by molar-refractivity contribution is 9.10. The molecule has 0 radical (unpaired) electrons. The number of hydrogen-bond donors (Lipinski definition) is 1. The summed E-state index contributed by atoms with van der Waals surface area (Å²) >= 11 is 4.62. The molecular formula is C15H16BrNO4S. The summed E-state index contributed by atoms with van der Waals surface area (Å²) in [7, 11) is 0. The second-order valence-corrected chi connectivity index (χ2v) is 6.24. The minimum Gasteiger partial charge on any atom is -0.490 e. The molecule has 7 heteroatoms. The van der Waals surface area contributed by atoms with Gasteiger partial charge in [-0.1, -0.05) is 0 Å². The summed E-state index contributed by atoms with van der Waals surface area (Å²) in [6.07, 6.45) is 0. The first-order chi connectivity index (χ1) is 10.5. The zero-order chi connectivity index (χ0) is 16.3. The Hall–Kier alpha value is -1.60. The molecule has 0 saturated heterocycles. The fourth-order valence-corrected chi connectivity index (χ4v) is 3.41. The minimum atomic E-state index is -0.962. The second kappa shape index (κ2) is 7.11. The first-order valence-corrected chi connectivity index (χ1v) is 8.39. The van der Waals surface area contributed by atoms with Gasteiger partial charge >= 0.3 is 5.97 Å². The Bertz CT molecular complexity index is 699. The highest BCUT2D eigenvalue weighted by Crippen LogP contribution is 2.41. The Labute approximate surface area is 141 Å². The molecule has 0 aliphatic carbocycles. The van der Waals surface area contributed by atoms with E-state index in [9.17, 15) is 4.79 Å². The minimum absolute atomic E-state index is 0.248. The van der Waals surface area contributed by atoms with Crippen molar-refractivity contribution in [2.24, 2.45) is 0 Å². The van der Waals surface area contributed by atoms with Crippen molar-refractivity contribution >= 4 is 33.2 Å². The van der Waals surface area contributed by atoms with E-state index in [1.54, 1.807) is 6.92 Å². The number of thiazole rings is 1. The Morgan fingerprint density at radius 3 is 2.55 bits per heavy atom. The number of aromatic nitrogens is 1. The van der Waals surface area contributed by atoms with E-state index in [-0.39, 0.29) is 4.88 Å². The maximum atomic E-state index is 11.2. The predicted molar refractivity (Wildman–Crippen MR) is 89.3 cm³/mol. The van der Waals surface area contributed by atoms with Gasteiger partial charge in [-0.3, -0.25) is 0 Å². The first kappa shape index (κ1) is 16.8. The Balaban J connectivity index is 2.52. The molecule has 5 nitrogen and oxygen atoms in total. The number of rotatable bonds is 6. The maximum Gasteiger partial charge on any atom is 0.347 e. The van der Waals surface area contributed by atoms with Gasteiger partial charge in [-0.15, -0.1) is 11.3 Å². The van der Waals surface area contributed by atoms with E-state index < -0.39 is 5.97 Å². The fourth-order valence-electron chi connectivity index (χ4n) is 1.96. The van der Waals surface area contributed by atoms with Crippen LogP contribution in [0.3, 0.4) is 0 Å². The van der Waals surface area contributed by atoms with Crippen LogP contribution in [0.15, 0.2) is 16.6 Å². The molecular weight excluding hydrogens is 370 g/mol. The van der Waals surface area contributed by atoms with Gasteiger partial charge in [0.05, 0.1) is 23.4 Å².